The molecule has 2 aromatic carbocycles. The highest BCUT2D eigenvalue weighted by Gasteiger charge is 2.48. The van der Waals surface area contributed by atoms with E-state index in [0.717, 1.165) is 12.2 Å². The standard InChI is InChI=1S/C22H17Cl2N3O3S2/c1-2-11-31-22-26-25-21(32-22)27-17(12-3-7-14(23)8-4-12)16(19(29)20(27)30)18(28)13-5-9-15(24)10-6-13/h3-10,17,28H,2,11H2,1H3/b18-16+/t17-/m1/s1. The minimum Gasteiger partial charge on any atom is -0.507 e. The first kappa shape index (κ1) is 22.8. The first-order valence-corrected chi connectivity index (χ1v) is 12.2. The van der Waals surface area contributed by atoms with E-state index in [0.29, 0.717) is 30.6 Å². The molecule has 1 fully saturated rings. The lowest BCUT2D eigenvalue weighted by atomic mass is 9.95. The number of hydrogen-bond donors (Lipinski definition) is 1. The van der Waals surface area contributed by atoms with Gasteiger partial charge in [-0.2, -0.15) is 0 Å². The molecule has 164 valence electrons. The normalized spacial score (nSPS) is 17.8. The SMILES string of the molecule is CCCSc1nnc(N2C(=O)C(=O)/C(=C(/O)c3ccc(Cl)cc3)[C@H]2c2ccc(Cl)cc2)s1. The third kappa shape index (κ3) is 4.41. The van der Waals surface area contributed by atoms with E-state index in [1.54, 1.807) is 48.5 Å². The summed E-state index contributed by atoms with van der Waals surface area (Å²) in [5.74, 6) is -0.989. The van der Waals surface area contributed by atoms with Gasteiger partial charge >= 0.3 is 5.91 Å². The van der Waals surface area contributed by atoms with Gasteiger partial charge in [-0.1, -0.05) is 65.4 Å². The fourth-order valence-electron chi connectivity index (χ4n) is 3.30. The number of ketones is 1. The van der Waals surface area contributed by atoms with E-state index >= 15 is 0 Å². The van der Waals surface area contributed by atoms with Crippen molar-refractivity contribution in [1.29, 1.82) is 0 Å². The van der Waals surface area contributed by atoms with E-state index < -0.39 is 17.7 Å². The van der Waals surface area contributed by atoms with Gasteiger partial charge in [0.25, 0.3) is 5.78 Å². The molecule has 0 bridgehead atoms. The lowest BCUT2D eigenvalue weighted by molar-refractivity contribution is -0.132. The smallest absolute Gasteiger partial charge is 0.301 e. The van der Waals surface area contributed by atoms with Gasteiger partial charge in [-0.05, 0) is 48.4 Å². The number of aliphatic hydroxyl groups is 1. The minimum absolute atomic E-state index is 0.0300. The van der Waals surface area contributed by atoms with Gasteiger partial charge in [0, 0.05) is 21.4 Å². The molecule has 1 amide bonds. The number of benzene rings is 2. The van der Waals surface area contributed by atoms with Crippen LogP contribution in [0.4, 0.5) is 5.13 Å². The summed E-state index contributed by atoms with van der Waals surface area (Å²) in [5, 5.41) is 20.6. The predicted molar refractivity (Wildman–Crippen MR) is 129 cm³/mol. The molecule has 0 radical (unpaired) electrons. The summed E-state index contributed by atoms with van der Waals surface area (Å²) in [4.78, 5) is 27.5. The maximum absolute atomic E-state index is 13.1. The van der Waals surface area contributed by atoms with Gasteiger partial charge in [0.15, 0.2) is 4.34 Å². The quantitative estimate of drug-likeness (QED) is 0.146. The molecule has 3 aromatic rings. The van der Waals surface area contributed by atoms with Crippen LogP contribution in [0.2, 0.25) is 10.0 Å². The second-order valence-electron chi connectivity index (χ2n) is 6.93. The Hall–Kier alpha value is -2.39. The average molecular weight is 506 g/mol. The lowest BCUT2D eigenvalue weighted by Crippen LogP contribution is -2.29. The van der Waals surface area contributed by atoms with Crippen LogP contribution < -0.4 is 4.90 Å². The molecule has 1 saturated heterocycles. The van der Waals surface area contributed by atoms with Crippen molar-refractivity contribution >= 4 is 68.9 Å². The summed E-state index contributed by atoms with van der Waals surface area (Å²) in [5.41, 5.74) is 0.961. The van der Waals surface area contributed by atoms with Crippen LogP contribution in [0.15, 0.2) is 58.4 Å². The number of halogens is 2. The number of carbonyl (C=O) groups is 2. The molecule has 10 heteroatoms. The van der Waals surface area contributed by atoms with Crippen LogP contribution in [0.5, 0.6) is 0 Å². The van der Waals surface area contributed by atoms with Crippen LogP contribution >= 0.6 is 46.3 Å². The summed E-state index contributed by atoms with van der Waals surface area (Å²) < 4.78 is 0.705. The van der Waals surface area contributed by atoms with Crippen molar-refractivity contribution in [2.75, 3.05) is 10.7 Å². The topological polar surface area (TPSA) is 83.4 Å². The van der Waals surface area contributed by atoms with Gasteiger partial charge in [-0.3, -0.25) is 14.5 Å². The van der Waals surface area contributed by atoms with E-state index in [1.807, 2.05) is 0 Å². The monoisotopic (exact) mass is 505 g/mol. The zero-order valence-corrected chi connectivity index (χ0v) is 19.9. The van der Waals surface area contributed by atoms with E-state index in [-0.39, 0.29) is 11.3 Å². The minimum atomic E-state index is -0.875. The molecule has 4 rings (SSSR count). The second kappa shape index (κ2) is 9.62. The molecule has 1 aliphatic heterocycles. The Labute approximate surface area is 202 Å². The van der Waals surface area contributed by atoms with Gasteiger partial charge in [0.1, 0.15) is 5.76 Å². The number of amides is 1. The third-order valence-corrected chi connectivity index (χ3v) is 7.55. The first-order chi connectivity index (χ1) is 15.4. The van der Waals surface area contributed by atoms with Crippen molar-refractivity contribution in [1.82, 2.24) is 10.2 Å². The summed E-state index contributed by atoms with van der Waals surface area (Å²) in [6, 6.07) is 12.3. The van der Waals surface area contributed by atoms with Crippen molar-refractivity contribution in [3.05, 3.63) is 75.3 Å². The van der Waals surface area contributed by atoms with Gasteiger partial charge in [0.05, 0.1) is 11.6 Å². The molecule has 1 N–H and O–H groups in total. The van der Waals surface area contributed by atoms with E-state index in [1.165, 1.54) is 28.0 Å². The summed E-state index contributed by atoms with van der Waals surface area (Å²) >= 11 is 14.8. The molecule has 32 heavy (non-hydrogen) atoms. The van der Waals surface area contributed by atoms with Crippen molar-refractivity contribution in [3.8, 4) is 0 Å². The third-order valence-electron chi connectivity index (χ3n) is 4.78. The Morgan fingerprint density at radius 1 is 1.06 bits per heavy atom. The number of aromatic nitrogens is 2. The van der Waals surface area contributed by atoms with Crippen molar-refractivity contribution < 1.29 is 14.7 Å². The molecule has 1 atom stereocenters. The maximum atomic E-state index is 13.1. The highest BCUT2D eigenvalue weighted by molar-refractivity contribution is 8.01. The number of thioether (sulfide) groups is 1. The van der Waals surface area contributed by atoms with Crippen LogP contribution in [0.1, 0.15) is 30.5 Å². The highest BCUT2D eigenvalue weighted by Crippen LogP contribution is 2.44. The van der Waals surface area contributed by atoms with Crippen molar-refractivity contribution in [2.24, 2.45) is 0 Å². The Balaban J connectivity index is 1.86. The number of hydrogen-bond acceptors (Lipinski definition) is 7. The van der Waals surface area contributed by atoms with Gasteiger partial charge < -0.3 is 5.11 Å². The molecule has 0 spiro atoms. The summed E-state index contributed by atoms with van der Waals surface area (Å²) in [6.45, 7) is 2.06. The fraction of sp³-hybridized carbons (Fsp3) is 0.182. The first-order valence-electron chi connectivity index (χ1n) is 9.69. The van der Waals surface area contributed by atoms with Crippen LogP contribution in [0.25, 0.3) is 5.76 Å². The van der Waals surface area contributed by atoms with Gasteiger partial charge in [-0.25, -0.2) is 0 Å². The largest absolute Gasteiger partial charge is 0.507 e. The summed E-state index contributed by atoms with van der Waals surface area (Å²) in [7, 11) is 0. The number of anilines is 1. The Morgan fingerprint density at radius 3 is 2.31 bits per heavy atom. The molecule has 0 saturated carbocycles. The van der Waals surface area contributed by atoms with Crippen molar-refractivity contribution in [2.45, 2.75) is 23.7 Å². The van der Waals surface area contributed by atoms with Crippen LogP contribution in [-0.2, 0) is 9.59 Å². The van der Waals surface area contributed by atoms with E-state index in [9.17, 15) is 14.7 Å². The molecule has 6 nitrogen and oxygen atoms in total. The number of nitrogens with zero attached hydrogens (tertiary/aromatic N) is 3. The lowest BCUT2D eigenvalue weighted by Gasteiger charge is -2.22. The molecular formula is C22H17Cl2N3O3S2. The number of Topliss-reactive ketones (excluding diaryl/α,β-unsaturated/α-hetero) is 1. The van der Waals surface area contributed by atoms with Crippen molar-refractivity contribution in [3.63, 3.8) is 0 Å². The molecule has 2 heterocycles. The zero-order chi connectivity index (χ0) is 22.8. The van der Waals surface area contributed by atoms with Crippen LogP contribution in [0, 0.1) is 0 Å². The molecular weight excluding hydrogens is 489 g/mol. The molecule has 0 aliphatic carbocycles. The fourth-order valence-corrected chi connectivity index (χ4v) is 5.35. The Morgan fingerprint density at radius 2 is 1.69 bits per heavy atom. The van der Waals surface area contributed by atoms with Crippen LogP contribution in [-0.4, -0.2) is 32.7 Å². The Kier molecular flexibility index (Phi) is 6.85. The number of rotatable bonds is 6. The second-order valence-corrected chi connectivity index (χ2v) is 10.1. The zero-order valence-electron chi connectivity index (χ0n) is 16.8. The Bertz CT molecular complexity index is 1190. The van der Waals surface area contributed by atoms with E-state index in [4.69, 9.17) is 23.2 Å². The van der Waals surface area contributed by atoms with Crippen LogP contribution in [0.3, 0.4) is 0 Å². The predicted octanol–water partition coefficient (Wildman–Crippen LogP) is 5.97. The molecule has 1 aliphatic rings. The molecule has 0 unspecified atom stereocenters. The molecule has 1 aromatic heterocycles. The average Bonchev–Trinajstić information content (AvgIpc) is 3.35. The highest BCUT2D eigenvalue weighted by atomic mass is 35.5. The maximum Gasteiger partial charge on any atom is 0.301 e. The number of carbonyl (C=O) groups excluding carboxylic acids is 2. The van der Waals surface area contributed by atoms with Gasteiger partial charge in [-0.15, -0.1) is 10.2 Å². The summed E-state index contributed by atoms with van der Waals surface area (Å²) in [6.07, 6.45) is 0.968. The van der Waals surface area contributed by atoms with Gasteiger partial charge in [0.2, 0.25) is 5.13 Å². The van der Waals surface area contributed by atoms with E-state index in [2.05, 4.69) is 17.1 Å². The number of aliphatic hydroxyl groups excluding tert-OH is 1.